The van der Waals surface area contributed by atoms with E-state index in [-0.39, 0.29) is 0 Å². The fourth-order valence-corrected chi connectivity index (χ4v) is 1.74. The fraction of sp³-hybridized carbons (Fsp3) is 0.727. The number of oxazole rings is 1. The SMILES string of the molecule is Cc1cnc(CNCCN2CCOCC2)o1. The van der Waals surface area contributed by atoms with Crippen LogP contribution in [0.5, 0.6) is 0 Å². The number of nitrogens with one attached hydrogen (secondary N) is 1. The van der Waals surface area contributed by atoms with E-state index in [2.05, 4.69) is 15.2 Å². The van der Waals surface area contributed by atoms with Crippen molar-refractivity contribution >= 4 is 0 Å². The first-order chi connectivity index (χ1) is 7.84. The van der Waals surface area contributed by atoms with E-state index in [1.807, 2.05) is 6.92 Å². The van der Waals surface area contributed by atoms with Crippen LogP contribution in [0, 0.1) is 6.92 Å². The molecule has 0 spiro atoms. The molecule has 1 fully saturated rings. The summed E-state index contributed by atoms with van der Waals surface area (Å²) >= 11 is 0. The molecule has 5 nitrogen and oxygen atoms in total. The minimum Gasteiger partial charge on any atom is -0.445 e. The molecule has 1 aliphatic rings. The number of morpholine rings is 1. The van der Waals surface area contributed by atoms with Crippen LogP contribution in [0.3, 0.4) is 0 Å². The highest BCUT2D eigenvalue weighted by molar-refractivity contribution is 4.90. The Morgan fingerprint density at radius 3 is 2.94 bits per heavy atom. The monoisotopic (exact) mass is 225 g/mol. The first-order valence-electron chi connectivity index (χ1n) is 5.77. The van der Waals surface area contributed by atoms with Crippen LogP contribution < -0.4 is 5.32 Å². The molecule has 1 N–H and O–H groups in total. The fourth-order valence-electron chi connectivity index (χ4n) is 1.74. The quantitative estimate of drug-likeness (QED) is 0.735. The topological polar surface area (TPSA) is 50.5 Å². The van der Waals surface area contributed by atoms with Gasteiger partial charge in [-0.25, -0.2) is 4.98 Å². The zero-order valence-electron chi connectivity index (χ0n) is 9.74. The highest BCUT2D eigenvalue weighted by Crippen LogP contribution is 2.00. The molecular formula is C11H19N3O2. The van der Waals surface area contributed by atoms with E-state index in [1.54, 1.807) is 6.20 Å². The third-order valence-electron chi connectivity index (χ3n) is 2.65. The lowest BCUT2D eigenvalue weighted by atomic mass is 10.4. The number of hydrogen-bond acceptors (Lipinski definition) is 5. The summed E-state index contributed by atoms with van der Waals surface area (Å²) in [6.07, 6.45) is 1.75. The van der Waals surface area contributed by atoms with Crippen molar-refractivity contribution in [1.82, 2.24) is 15.2 Å². The summed E-state index contributed by atoms with van der Waals surface area (Å²) in [6, 6.07) is 0. The Morgan fingerprint density at radius 2 is 2.25 bits per heavy atom. The molecule has 0 aliphatic carbocycles. The van der Waals surface area contributed by atoms with E-state index < -0.39 is 0 Å². The third kappa shape index (κ3) is 3.59. The summed E-state index contributed by atoms with van der Waals surface area (Å²) in [6.45, 7) is 8.43. The Kier molecular flexibility index (Phi) is 4.33. The molecule has 0 saturated carbocycles. The Morgan fingerprint density at radius 1 is 1.44 bits per heavy atom. The van der Waals surface area contributed by atoms with Gasteiger partial charge in [-0.1, -0.05) is 0 Å². The van der Waals surface area contributed by atoms with E-state index in [9.17, 15) is 0 Å². The van der Waals surface area contributed by atoms with Gasteiger partial charge in [0.1, 0.15) is 5.76 Å². The van der Waals surface area contributed by atoms with Gasteiger partial charge in [-0.05, 0) is 6.92 Å². The molecule has 0 aromatic carbocycles. The first-order valence-corrected chi connectivity index (χ1v) is 5.77. The summed E-state index contributed by atoms with van der Waals surface area (Å²) in [5.41, 5.74) is 0. The number of nitrogens with zero attached hydrogens (tertiary/aromatic N) is 2. The van der Waals surface area contributed by atoms with Gasteiger partial charge in [0, 0.05) is 26.2 Å². The van der Waals surface area contributed by atoms with E-state index in [1.165, 1.54) is 0 Å². The zero-order chi connectivity index (χ0) is 11.2. The Labute approximate surface area is 95.8 Å². The minimum atomic E-state index is 0.707. The van der Waals surface area contributed by atoms with Gasteiger partial charge in [0.05, 0.1) is 26.0 Å². The number of aryl methyl sites for hydroxylation is 1. The van der Waals surface area contributed by atoms with Gasteiger partial charge < -0.3 is 14.5 Å². The standard InChI is InChI=1S/C11H19N3O2/c1-10-8-13-11(16-10)9-12-2-3-14-4-6-15-7-5-14/h8,12H,2-7,9H2,1H3. The molecule has 1 aliphatic heterocycles. The second-order valence-electron chi connectivity index (χ2n) is 4.00. The van der Waals surface area contributed by atoms with Crippen LogP contribution in [0.4, 0.5) is 0 Å². The molecule has 1 aromatic heterocycles. The lowest BCUT2D eigenvalue weighted by Gasteiger charge is -2.26. The van der Waals surface area contributed by atoms with Gasteiger partial charge in [0.15, 0.2) is 0 Å². The number of rotatable bonds is 5. The average molecular weight is 225 g/mol. The van der Waals surface area contributed by atoms with Crippen LogP contribution in [0.25, 0.3) is 0 Å². The summed E-state index contributed by atoms with van der Waals surface area (Å²) in [5, 5.41) is 3.32. The van der Waals surface area contributed by atoms with Crippen LogP contribution in [0.15, 0.2) is 10.6 Å². The van der Waals surface area contributed by atoms with Crippen LogP contribution in [-0.4, -0.2) is 49.3 Å². The van der Waals surface area contributed by atoms with Crippen molar-refractivity contribution in [1.29, 1.82) is 0 Å². The van der Waals surface area contributed by atoms with Crippen LogP contribution in [0.1, 0.15) is 11.7 Å². The molecule has 0 bridgehead atoms. The highest BCUT2D eigenvalue weighted by atomic mass is 16.5. The highest BCUT2D eigenvalue weighted by Gasteiger charge is 2.09. The van der Waals surface area contributed by atoms with Crippen molar-refractivity contribution in [2.45, 2.75) is 13.5 Å². The summed E-state index contributed by atoms with van der Waals surface area (Å²) in [7, 11) is 0. The molecule has 5 heteroatoms. The van der Waals surface area contributed by atoms with Gasteiger partial charge in [-0.15, -0.1) is 0 Å². The van der Waals surface area contributed by atoms with E-state index in [4.69, 9.17) is 9.15 Å². The van der Waals surface area contributed by atoms with Crippen molar-refractivity contribution in [3.8, 4) is 0 Å². The van der Waals surface area contributed by atoms with Gasteiger partial charge in [0.25, 0.3) is 0 Å². The van der Waals surface area contributed by atoms with Crippen LogP contribution >= 0.6 is 0 Å². The molecule has 2 rings (SSSR count). The predicted octanol–water partition coefficient (Wildman–Crippen LogP) is 0.405. The van der Waals surface area contributed by atoms with Crippen LogP contribution in [0.2, 0.25) is 0 Å². The van der Waals surface area contributed by atoms with E-state index >= 15 is 0 Å². The second-order valence-corrected chi connectivity index (χ2v) is 4.00. The Hall–Kier alpha value is -0.910. The molecule has 2 heterocycles. The lowest BCUT2D eigenvalue weighted by Crippen LogP contribution is -2.40. The van der Waals surface area contributed by atoms with Crippen molar-refractivity contribution in [3.05, 3.63) is 17.8 Å². The maximum atomic E-state index is 5.37. The van der Waals surface area contributed by atoms with Gasteiger partial charge in [-0.2, -0.15) is 0 Å². The second kappa shape index (κ2) is 5.98. The van der Waals surface area contributed by atoms with Gasteiger partial charge >= 0.3 is 0 Å². The van der Waals surface area contributed by atoms with Crippen molar-refractivity contribution < 1.29 is 9.15 Å². The number of aromatic nitrogens is 1. The van der Waals surface area contributed by atoms with Crippen molar-refractivity contribution in [3.63, 3.8) is 0 Å². The molecule has 0 amide bonds. The summed E-state index contributed by atoms with van der Waals surface area (Å²) in [4.78, 5) is 6.54. The lowest BCUT2D eigenvalue weighted by molar-refractivity contribution is 0.0383. The Balaban J connectivity index is 1.57. The summed E-state index contributed by atoms with van der Waals surface area (Å²) in [5.74, 6) is 1.63. The summed E-state index contributed by atoms with van der Waals surface area (Å²) < 4.78 is 10.7. The van der Waals surface area contributed by atoms with E-state index in [0.29, 0.717) is 6.54 Å². The number of hydrogen-bond donors (Lipinski definition) is 1. The molecule has 1 saturated heterocycles. The van der Waals surface area contributed by atoms with Gasteiger partial charge in [-0.3, -0.25) is 4.90 Å². The minimum absolute atomic E-state index is 0.707. The van der Waals surface area contributed by atoms with Crippen molar-refractivity contribution in [2.24, 2.45) is 0 Å². The predicted molar refractivity (Wildman–Crippen MR) is 60.2 cm³/mol. The molecular weight excluding hydrogens is 206 g/mol. The smallest absolute Gasteiger partial charge is 0.208 e. The zero-order valence-corrected chi connectivity index (χ0v) is 9.74. The molecule has 0 radical (unpaired) electrons. The van der Waals surface area contributed by atoms with E-state index in [0.717, 1.165) is 51.0 Å². The van der Waals surface area contributed by atoms with Crippen molar-refractivity contribution in [2.75, 3.05) is 39.4 Å². The maximum Gasteiger partial charge on any atom is 0.208 e. The largest absolute Gasteiger partial charge is 0.445 e. The van der Waals surface area contributed by atoms with Crippen LogP contribution in [-0.2, 0) is 11.3 Å². The number of ether oxygens (including phenoxy) is 1. The molecule has 0 unspecified atom stereocenters. The first kappa shape index (κ1) is 11.6. The van der Waals surface area contributed by atoms with Gasteiger partial charge in [0.2, 0.25) is 5.89 Å². The molecule has 16 heavy (non-hydrogen) atoms. The third-order valence-corrected chi connectivity index (χ3v) is 2.65. The molecule has 0 atom stereocenters. The average Bonchev–Trinajstić information content (AvgIpc) is 2.72. The maximum absolute atomic E-state index is 5.37. The molecule has 90 valence electrons. The molecule has 1 aromatic rings. The normalized spacial score (nSPS) is 17.8. The Bertz CT molecular complexity index is 308.